The van der Waals surface area contributed by atoms with Crippen molar-refractivity contribution in [3.63, 3.8) is 0 Å². The zero-order valence-electron chi connectivity index (χ0n) is 13.2. The first-order valence-corrected chi connectivity index (χ1v) is 7.40. The number of nitrogens with zero attached hydrogens (tertiary/aromatic N) is 2. The van der Waals surface area contributed by atoms with Crippen molar-refractivity contribution in [2.45, 2.75) is 59.6 Å². The second-order valence-electron chi connectivity index (χ2n) is 5.79. The van der Waals surface area contributed by atoms with Gasteiger partial charge in [-0.1, -0.05) is 27.7 Å². The monoisotopic (exact) mass is 281 g/mol. The molecule has 0 aromatic carbocycles. The average molecular weight is 281 g/mol. The molecular weight excluding hydrogens is 254 g/mol. The van der Waals surface area contributed by atoms with E-state index in [2.05, 4.69) is 10.4 Å². The first-order valence-electron chi connectivity index (χ1n) is 7.40. The molecule has 1 atom stereocenters. The fourth-order valence-corrected chi connectivity index (χ4v) is 1.96. The third-order valence-electron chi connectivity index (χ3n) is 3.40. The number of carbonyl (C=O) groups is 1. The SMILES string of the molecule is CCn1cc(C(=O)NCCC(O)C(C)C)c(C(C)C)n1. The molecule has 20 heavy (non-hydrogen) atoms. The van der Waals surface area contributed by atoms with Gasteiger partial charge in [-0.3, -0.25) is 9.48 Å². The highest BCUT2D eigenvalue weighted by Crippen LogP contribution is 2.17. The van der Waals surface area contributed by atoms with Gasteiger partial charge < -0.3 is 10.4 Å². The highest BCUT2D eigenvalue weighted by molar-refractivity contribution is 5.95. The van der Waals surface area contributed by atoms with Crippen molar-refractivity contribution in [3.8, 4) is 0 Å². The van der Waals surface area contributed by atoms with Gasteiger partial charge in [-0.15, -0.1) is 0 Å². The van der Waals surface area contributed by atoms with Crippen LogP contribution < -0.4 is 5.32 Å². The van der Waals surface area contributed by atoms with Gasteiger partial charge in [0.2, 0.25) is 0 Å². The highest BCUT2D eigenvalue weighted by atomic mass is 16.3. The zero-order chi connectivity index (χ0) is 15.3. The van der Waals surface area contributed by atoms with Crippen molar-refractivity contribution in [2.75, 3.05) is 6.54 Å². The summed E-state index contributed by atoms with van der Waals surface area (Å²) in [5.74, 6) is 0.315. The summed E-state index contributed by atoms with van der Waals surface area (Å²) in [6.45, 7) is 11.2. The summed E-state index contributed by atoms with van der Waals surface area (Å²) in [5.41, 5.74) is 1.47. The number of rotatable bonds is 7. The molecule has 0 aliphatic rings. The number of aliphatic hydroxyl groups excluding tert-OH is 1. The van der Waals surface area contributed by atoms with E-state index in [-0.39, 0.29) is 23.8 Å². The maximum absolute atomic E-state index is 12.2. The average Bonchev–Trinajstić information content (AvgIpc) is 2.82. The van der Waals surface area contributed by atoms with E-state index in [0.29, 0.717) is 18.5 Å². The van der Waals surface area contributed by atoms with Crippen LogP contribution in [-0.2, 0) is 6.54 Å². The van der Waals surface area contributed by atoms with E-state index >= 15 is 0 Å². The molecular formula is C15H27N3O2. The maximum Gasteiger partial charge on any atom is 0.254 e. The lowest BCUT2D eigenvalue weighted by Crippen LogP contribution is -2.29. The number of nitrogens with one attached hydrogen (secondary N) is 1. The smallest absolute Gasteiger partial charge is 0.254 e. The molecule has 0 spiro atoms. The number of aryl methyl sites for hydroxylation is 1. The van der Waals surface area contributed by atoms with E-state index in [4.69, 9.17) is 0 Å². The van der Waals surface area contributed by atoms with Crippen molar-refractivity contribution >= 4 is 5.91 Å². The Bertz CT molecular complexity index is 438. The molecule has 5 nitrogen and oxygen atoms in total. The van der Waals surface area contributed by atoms with Crippen LogP contribution in [0.2, 0.25) is 0 Å². The van der Waals surface area contributed by atoms with Crippen molar-refractivity contribution in [1.82, 2.24) is 15.1 Å². The van der Waals surface area contributed by atoms with Crippen LogP contribution in [0.15, 0.2) is 6.20 Å². The molecule has 1 amide bonds. The topological polar surface area (TPSA) is 67.2 Å². The molecule has 1 unspecified atom stereocenters. The fourth-order valence-electron chi connectivity index (χ4n) is 1.96. The molecule has 0 fully saturated rings. The van der Waals surface area contributed by atoms with Gasteiger partial charge in [-0.05, 0) is 25.2 Å². The fraction of sp³-hybridized carbons (Fsp3) is 0.733. The first-order chi connectivity index (χ1) is 9.36. The molecule has 1 aromatic heterocycles. The second kappa shape index (κ2) is 7.43. The third-order valence-corrected chi connectivity index (χ3v) is 3.40. The predicted octanol–water partition coefficient (Wildman–Crippen LogP) is 2.16. The number of amides is 1. The zero-order valence-corrected chi connectivity index (χ0v) is 13.2. The Kier molecular flexibility index (Phi) is 6.20. The molecule has 1 rings (SSSR count). The van der Waals surface area contributed by atoms with E-state index in [1.165, 1.54) is 0 Å². The molecule has 5 heteroatoms. The van der Waals surface area contributed by atoms with E-state index in [1.54, 1.807) is 10.9 Å². The summed E-state index contributed by atoms with van der Waals surface area (Å²) in [6, 6.07) is 0. The summed E-state index contributed by atoms with van der Waals surface area (Å²) >= 11 is 0. The van der Waals surface area contributed by atoms with E-state index in [1.807, 2.05) is 34.6 Å². The molecule has 0 bridgehead atoms. The Balaban J connectivity index is 2.65. The quantitative estimate of drug-likeness (QED) is 0.805. The minimum atomic E-state index is -0.377. The Morgan fingerprint density at radius 1 is 1.40 bits per heavy atom. The van der Waals surface area contributed by atoms with E-state index < -0.39 is 0 Å². The van der Waals surface area contributed by atoms with Gasteiger partial charge >= 0.3 is 0 Å². The van der Waals surface area contributed by atoms with Crippen molar-refractivity contribution in [2.24, 2.45) is 5.92 Å². The third kappa shape index (κ3) is 4.34. The van der Waals surface area contributed by atoms with Gasteiger partial charge in [-0.25, -0.2) is 0 Å². The summed E-state index contributed by atoms with van der Waals surface area (Å²) in [5, 5.41) is 17.0. The summed E-state index contributed by atoms with van der Waals surface area (Å²) < 4.78 is 1.78. The van der Waals surface area contributed by atoms with Gasteiger partial charge in [0.1, 0.15) is 0 Å². The highest BCUT2D eigenvalue weighted by Gasteiger charge is 2.18. The minimum absolute atomic E-state index is 0.107. The number of carbonyl (C=O) groups excluding carboxylic acids is 1. The van der Waals surface area contributed by atoms with Gasteiger partial charge in [0.15, 0.2) is 0 Å². The van der Waals surface area contributed by atoms with Crippen molar-refractivity contribution in [3.05, 3.63) is 17.5 Å². The first kappa shape index (κ1) is 16.7. The van der Waals surface area contributed by atoms with E-state index in [9.17, 15) is 9.90 Å². The van der Waals surface area contributed by atoms with Crippen LogP contribution in [0.25, 0.3) is 0 Å². The number of aliphatic hydroxyl groups is 1. The van der Waals surface area contributed by atoms with Crippen LogP contribution in [0.3, 0.4) is 0 Å². The summed E-state index contributed by atoms with van der Waals surface area (Å²) in [6.07, 6.45) is 1.99. The van der Waals surface area contributed by atoms with Crippen molar-refractivity contribution < 1.29 is 9.90 Å². The normalized spacial score (nSPS) is 13.0. The van der Waals surface area contributed by atoms with Gasteiger partial charge in [-0.2, -0.15) is 5.10 Å². The number of hydrogen-bond acceptors (Lipinski definition) is 3. The molecule has 0 radical (unpaired) electrons. The number of hydrogen-bond donors (Lipinski definition) is 2. The standard InChI is InChI=1S/C15H27N3O2/c1-6-18-9-12(14(17-18)11(4)5)15(20)16-8-7-13(19)10(2)3/h9-11,13,19H,6-8H2,1-5H3,(H,16,20). The lowest BCUT2D eigenvalue weighted by Gasteiger charge is -2.14. The van der Waals surface area contributed by atoms with Gasteiger partial charge in [0.25, 0.3) is 5.91 Å². The van der Waals surface area contributed by atoms with Crippen LogP contribution in [0.5, 0.6) is 0 Å². The molecule has 0 saturated carbocycles. The van der Waals surface area contributed by atoms with Crippen LogP contribution in [0.4, 0.5) is 0 Å². The second-order valence-corrected chi connectivity index (χ2v) is 5.79. The van der Waals surface area contributed by atoms with Crippen LogP contribution in [0, 0.1) is 5.92 Å². The lowest BCUT2D eigenvalue weighted by molar-refractivity contribution is 0.0919. The van der Waals surface area contributed by atoms with Gasteiger partial charge in [0.05, 0.1) is 17.4 Å². The Labute approximate surface area is 121 Å². The minimum Gasteiger partial charge on any atom is -0.393 e. The predicted molar refractivity (Wildman–Crippen MR) is 79.8 cm³/mol. The molecule has 2 N–H and O–H groups in total. The largest absolute Gasteiger partial charge is 0.393 e. The molecule has 0 aliphatic heterocycles. The van der Waals surface area contributed by atoms with Crippen LogP contribution >= 0.6 is 0 Å². The molecule has 114 valence electrons. The maximum atomic E-state index is 12.2. The van der Waals surface area contributed by atoms with E-state index in [0.717, 1.165) is 12.2 Å². The molecule has 1 heterocycles. The summed E-state index contributed by atoms with van der Waals surface area (Å²) in [4.78, 5) is 12.2. The summed E-state index contributed by atoms with van der Waals surface area (Å²) in [7, 11) is 0. The Morgan fingerprint density at radius 3 is 2.55 bits per heavy atom. The molecule has 0 saturated heterocycles. The van der Waals surface area contributed by atoms with Crippen molar-refractivity contribution in [1.29, 1.82) is 0 Å². The lowest BCUT2D eigenvalue weighted by atomic mass is 10.0. The number of aromatic nitrogens is 2. The molecule has 0 aliphatic carbocycles. The Hall–Kier alpha value is -1.36. The van der Waals surface area contributed by atoms with Crippen LogP contribution in [-0.4, -0.2) is 33.4 Å². The van der Waals surface area contributed by atoms with Crippen LogP contribution in [0.1, 0.15) is 63.0 Å². The van der Waals surface area contributed by atoms with Gasteiger partial charge in [0, 0.05) is 19.3 Å². The molecule has 1 aromatic rings. The Morgan fingerprint density at radius 2 is 2.05 bits per heavy atom.